The van der Waals surface area contributed by atoms with Crippen LogP contribution in [-0.4, -0.2) is 17.6 Å². The summed E-state index contributed by atoms with van der Waals surface area (Å²) in [4.78, 5) is 11.2. The molecule has 18 heavy (non-hydrogen) atoms. The summed E-state index contributed by atoms with van der Waals surface area (Å²) in [7, 11) is 0. The van der Waals surface area contributed by atoms with Gasteiger partial charge in [-0.2, -0.15) is 0 Å². The van der Waals surface area contributed by atoms with Crippen molar-refractivity contribution in [3.8, 4) is 0 Å². The Balaban J connectivity index is 2.70. The number of carbonyl (C=O) groups is 1. The predicted molar refractivity (Wildman–Crippen MR) is 74.2 cm³/mol. The van der Waals surface area contributed by atoms with Gasteiger partial charge in [-0.05, 0) is 49.6 Å². The normalized spacial score (nSPS) is 12.4. The highest BCUT2D eigenvalue weighted by atomic mass is 35.5. The van der Waals surface area contributed by atoms with Gasteiger partial charge < -0.3 is 10.8 Å². The second kappa shape index (κ2) is 7.62. The fourth-order valence-corrected chi connectivity index (χ4v) is 2.20. The van der Waals surface area contributed by atoms with Gasteiger partial charge in [0.25, 0.3) is 0 Å². The number of hydrogen-bond donors (Lipinski definition) is 2. The number of carboxylic acids is 1. The smallest absolute Gasteiger partial charge is 0.306 e. The van der Waals surface area contributed by atoms with Gasteiger partial charge in [0, 0.05) is 10.0 Å². The molecular formula is C13H17Cl2NO2. The first kappa shape index (κ1) is 15.3. The van der Waals surface area contributed by atoms with Gasteiger partial charge in [0.2, 0.25) is 0 Å². The molecule has 0 fully saturated rings. The van der Waals surface area contributed by atoms with E-state index < -0.39 is 11.9 Å². The van der Waals surface area contributed by atoms with Gasteiger partial charge in [-0.3, -0.25) is 4.79 Å². The number of benzene rings is 1. The Bertz CT molecular complexity index is 410. The molecule has 1 aromatic carbocycles. The largest absolute Gasteiger partial charge is 0.481 e. The summed E-state index contributed by atoms with van der Waals surface area (Å²) in [6.07, 6.45) is 2.66. The van der Waals surface area contributed by atoms with Crippen LogP contribution in [0.3, 0.4) is 0 Å². The highest BCUT2D eigenvalue weighted by Gasteiger charge is 2.19. The standard InChI is InChI=1S/C13H17Cl2NO2/c14-11-4-5-12(15)10(8-11)7-9(13(17)18)3-1-2-6-16/h4-5,8-9H,1-3,6-7,16H2,(H,17,18). The van der Waals surface area contributed by atoms with Crippen molar-refractivity contribution >= 4 is 29.2 Å². The van der Waals surface area contributed by atoms with Gasteiger partial charge in [0.15, 0.2) is 0 Å². The van der Waals surface area contributed by atoms with Crippen LogP contribution in [0.4, 0.5) is 0 Å². The molecule has 5 heteroatoms. The van der Waals surface area contributed by atoms with Crippen LogP contribution in [0, 0.1) is 5.92 Å². The molecule has 0 aliphatic rings. The second-order valence-corrected chi connectivity index (χ2v) is 5.10. The topological polar surface area (TPSA) is 63.3 Å². The van der Waals surface area contributed by atoms with E-state index in [0.717, 1.165) is 18.4 Å². The maximum atomic E-state index is 11.2. The monoisotopic (exact) mass is 289 g/mol. The molecule has 0 aliphatic carbocycles. The Hall–Kier alpha value is -0.770. The summed E-state index contributed by atoms with van der Waals surface area (Å²) in [6, 6.07) is 5.11. The summed E-state index contributed by atoms with van der Waals surface area (Å²) >= 11 is 11.9. The molecule has 1 atom stereocenters. The zero-order chi connectivity index (χ0) is 13.5. The molecule has 0 amide bonds. The van der Waals surface area contributed by atoms with Crippen LogP contribution in [0.15, 0.2) is 18.2 Å². The van der Waals surface area contributed by atoms with E-state index >= 15 is 0 Å². The molecule has 0 aromatic heterocycles. The molecule has 1 rings (SSSR count). The number of halogens is 2. The maximum absolute atomic E-state index is 11.2. The SMILES string of the molecule is NCCCCC(Cc1cc(Cl)ccc1Cl)C(=O)O. The third kappa shape index (κ3) is 4.84. The summed E-state index contributed by atoms with van der Waals surface area (Å²) in [6.45, 7) is 0.588. The fraction of sp³-hybridized carbons (Fsp3) is 0.462. The molecule has 3 N–H and O–H groups in total. The molecule has 0 radical (unpaired) electrons. The van der Waals surface area contributed by atoms with Crippen molar-refractivity contribution in [3.05, 3.63) is 33.8 Å². The molecule has 1 unspecified atom stereocenters. The number of unbranched alkanes of at least 4 members (excludes halogenated alkanes) is 1. The van der Waals surface area contributed by atoms with Crippen molar-refractivity contribution in [1.29, 1.82) is 0 Å². The first-order valence-corrected chi connectivity index (χ1v) is 6.67. The lowest BCUT2D eigenvalue weighted by atomic mass is 9.94. The zero-order valence-electron chi connectivity index (χ0n) is 10.0. The van der Waals surface area contributed by atoms with Gasteiger partial charge in [-0.15, -0.1) is 0 Å². The number of nitrogens with two attached hydrogens (primary N) is 1. The van der Waals surface area contributed by atoms with Crippen molar-refractivity contribution in [3.63, 3.8) is 0 Å². The molecule has 0 saturated carbocycles. The highest BCUT2D eigenvalue weighted by Crippen LogP contribution is 2.25. The number of rotatable bonds is 7. The minimum atomic E-state index is -0.803. The summed E-state index contributed by atoms with van der Waals surface area (Å²) < 4.78 is 0. The molecule has 0 spiro atoms. The average molecular weight is 290 g/mol. The average Bonchev–Trinajstić information content (AvgIpc) is 2.32. The van der Waals surface area contributed by atoms with Gasteiger partial charge in [0.05, 0.1) is 5.92 Å². The minimum absolute atomic E-state index is 0.402. The lowest BCUT2D eigenvalue weighted by Crippen LogP contribution is -2.17. The molecule has 0 saturated heterocycles. The van der Waals surface area contributed by atoms with Crippen molar-refractivity contribution in [1.82, 2.24) is 0 Å². The molecule has 0 aliphatic heterocycles. The van der Waals surface area contributed by atoms with Crippen molar-refractivity contribution in [2.45, 2.75) is 25.7 Å². The Morgan fingerprint density at radius 2 is 2.06 bits per heavy atom. The van der Waals surface area contributed by atoms with E-state index in [2.05, 4.69) is 0 Å². The second-order valence-electron chi connectivity index (χ2n) is 4.26. The van der Waals surface area contributed by atoms with E-state index in [9.17, 15) is 9.90 Å². The van der Waals surface area contributed by atoms with E-state index in [1.807, 2.05) is 0 Å². The summed E-state index contributed by atoms with van der Waals surface area (Å²) in [5.74, 6) is -1.24. The van der Waals surface area contributed by atoms with Gasteiger partial charge >= 0.3 is 5.97 Å². The third-order valence-corrected chi connectivity index (χ3v) is 3.43. The van der Waals surface area contributed by atoms with E-state index in [1.165, 1.54) is 0 Å². The lowest BCUT2D eigenvalue weighted by molar-refractivity contribution is -0.142. The first-order chi connectivity index (χ1) is 8.54. The van der Waals surface area contributed by atoms with Crippen LogP contribution >= 0.6 is 23.2 Å². The van der Waals surface area contributed by atoms with Crippen molar-refractivity contribution in [2.75, 3.05) is 6.54 Å². The van der Waals surface area contributed by atoms with Crippen molar-refractivity contribution < 1.29 is 9.90 Å². The summed E-state index contributed by atoms with van der Waals surface area (Å²) in [5, 5.41) is 10.3. The van der Waals surface area contributed by atoms with Crippen LogP contribution in [0.1, 0.15) is 24.8 Å². The lowest BCUT2D eigenvalue weighted by Gasteiger charge is -2.13. The molecular weight excluding hydrogens is 273 g/mol. The Morgan fingerprint density at radius 3 is 2.67 bits per heavy atom. The minimum Gasteiger partial charge on any atom is -0.481 e. The van der Waals surface area contributed by atoms with Gasteiger partial charge in [-0.1, -0.05) is 29.6 Å². The van der Waals surface area contributed by atoms with Gasteiger partial charge in [0.1, 0.15) is 0 Å². The Morgan fingerprint density at radius 1 is 1.33 bits per heavy atom. The number of hydrogen-bond acceptors (Lipinski definition) is 2. The maximum Gasteiger partial charge on any atom is 0.306 e. The van der Waals surface area contributed by atoms with Crippen LogP contribution in [-0.2, 0) is 11.2 Å². The molecule has 3 nitrogen and oxygen atoms in total. The van der Waals surface area contributed by atoms with Crippen molar-refractivity contribution in [2.24, 2.45) is 11.7 Å². The Labute approximate surface area is 117 Å². The zero-order valence-corrected chi connectivity index (χ0v) is 11.5. The van der Waals surface area contributed by atoms with Crippen LogP contribution < -0.4 is 5.73 Å². The molecule has 0 heterocycles. The number of carboxylic acid groups (broad SMARTS) is 1. The van der Waals surface area contributed by atoms with Crippen LogP contribution in [0.2, 0.25) is 10.0 Å². The number of aliphatic carboxylic acids is 1. The third-order valence-electron chi connectivity index (χ3n) is 2.83. The van der Waals surface area contributed by atoms with E-state index in [0.29, 0.717) is 29.4 Å². The Kier molecular flexibility index (Phi) is 6.47. The molecule has 100 valence electrons. The van der Waals surface area contributed by atoms with Gasteiger partial charge in [-0.25, -0.2) is 0 Å². The van der Waals surface area contributed by atoms with Crippen LogP contribution in [0.25, 0.3) is 0 Å². The molecule has 0 bridgehead atoms. The van der Waals surface area contributed by atoms with Crippen LogP contribution in [0.5, 0.6) is 0 Å². The molecule has 1 aromatic rings. The van der Waals surface area contributed by atoms with E-state index in [1.54, 1.807) is 18.2 Å². The highest BCUT2D eigenvalue weighted by molar-refractivity contribution is 6.33. The fourth-order valence-electron chi connectivity index (χ4n) is 1.81. The van der Waals surface area contributed by atoms with E-state index in [4.69, 9.17) is 28.9 Å². The quantitative estimate of drug-likeness (QED) is 0.757. The van der Waals surface area contributed by atoms with E-state index in [-0.39, 0.29) is 0 Å². The predicted octanol–water partition coefficient (Wildman–Crippen LogP) is 3.37. The first-order valence-electron chi connectivity index (χ1n) is 5.91. The summed E-state index contributed by atoms with van der Waals surface area (Å²) in [5.41, 5.74) is 6.18.